The van der Waals surface area contributed by atoms with Crippen LogP contribution in [0.4, 0.5) is 16.0 Å². The molecule has 1 amide bonds. The van der Waals surface area contributed by atoms with Gasteiger partial charge in [0.2, 0.25) is 5.95 Å². The number of aryl methyl sites for hydroxylation is 1. The van der Waals surface area contributed by atoms with Gasteiger partial charge in [0.15, 0.2) is 5.65 Å². The maximum absolute atomic E-state index is 14.1. The number of carbonyl (C=O) groups excluding carboxylic acids is 1. The largest absolute Gasteiger partial charge is 0.349 e. The van der Waals surface area contributed by atoms with Gasteiger partial charge in [-0.15, -0.1) is 0 Å². The Morgan fingerprint density at radius 2 is 2.03 bits per heavy atom. The number of nitrogens with zero attached hydrogens (tertiary/aromatic N) is 3. The summed E-state index contributed by atoms with van der Waals surface area (Å²) in [6.45, 7) is 2.25. The van der Waals surface area contributed by atoms with Crippen LogP contribution in [0, 0.1) is 11.7 Å². The fourth-order valence-electron chi connectivity index (χ4n) is 3.71. The SMILES string of the molecule is Cn1c(Nc2c(F)cccc2Cl)nc2cc(C(=O)N[C@H]3CC[C@H](C)CC3)cnc21. The van der Waals surface area contributed by atoms with E-state index in [0.29, 0.717) is 22.7 Å². The molecule has 1 aromatic carbocycles. The molecule has 1 saturated carbocycles. The van der Waals surface area contributed by atoms with Gasteiger partial charge in [0.05, 0.1) is 16.3 Å². The van der Waals surface area contributed by atoms with Crippen molar-refractivity contribution < 1.29 is 9.18 Å². The van der Waals surface area contributed by atoms with Crippen LogP contribution in [0.5, 0.6) is 0 Å². The van der Waals surface area contributed by atoms with Crippen molar-refractivity contribution in [2.45, 2.75) is 38.6 Å². The van der Waals surface area contributed by atoms with Crippen LogP contribution in [0.3, 0.4) is 0 Å². The minimum Gasteiger partial charge on any atom is -0.349 e. The van der Waals surface area contributed by atoms with Crippen molar-refractivity contribution in [3.05, 3.63) is 46.9 Å². The summed E-state index contributed by atoms with van der Waals surface area (Å²) in [4.78, 5) is 21.5. The second kappa shape index (κ2) is 7.99. The second-order valence-corrected chi connectivity index (χ2v) is 8.12. The molecule has 29 heavy (non-hydrogen) atoms. The normalized spacial score (nSPS) is 19.3. The number of fused-ring (bicyclic) bond motifs is 1. The molecule has 8 heteroatoms. The molecule has 2 aromatic heterocycles. The van der Waals surface area contributed by atoms with Gasteiger partial charge >= 0.3 is 0 Å². The van der Waals surface area contributed by atoms with E-state index in [1.807, 2.05) is 0 Å². The van der Waals surface area contributed by atoms with Crippen LogP contribution in [0.1, 0.15) is 43.0 Å². The number of nitrogens with one attached hydrogen (secondary N) is 2. The molecule has 0 atom stereocenters. The number of hydrogen-bond donors (Lipinski definition) is 2. The molecule has 0 spiro atoms. The lowest BCUT2D eigenvalue weighted by atomic mass is 9.87. The molecule has 2 N–H and O–H groups in total. The smallest absolute Gasteiger partial charge is 0.253 e. The molecule has 1 aliphatic carbocycles. The number of rotatable bonds is 4. The highest BCUT2D eigenvalue weighted by molar-refractivity contribution is 6.33. The number of hydrogen-bond acceptors (Lipinski definition) is 4. The quantitative estimate of drug-likeness (QED) is 0.641. The number of imidazole rings is 1. The zero-order chi connectivity index (χ0) is 20.5. The summed E-state index contributed by atoms with van der Waals surface area (Å²) >= 11 is 6.09. The molecule has 6 nitrogen and oxygen atoms in total. The van der Waals surface area contributed by atoms with Gasteiger partial charge in [-0.3, -0.25) is 9.36 Å². The van der Waals surface area contributed by atoms with Gasteiger partial charge in [-0.1, -0.05) is 24.6 Å². The summed E-state index contributed by atoms with van der Waals surface area (Å²) in [5.74, 6) is 0.498. The molecule has 2 heterocycles. The van der Waals surface area contributed by atoms with Gasteiger partial charge in [0.1, 0.15) is 11.3 Å². The van der Waals surface area contributed by atoms with Gasteiger partial charge in [-0.2, -0.15) is 0 Å². The Hall–Kier alpha value is -2.67. The van der Waals surface area contributed by atoms with Gasteiger partial charge in [-0.25, -0.2) is 14.4 Å². The Labute approximate surface area is 173 Å². The van der Waals surface area contributed by atoms with Crippen molar-refractivity contribution in [1.29, 1.82) is 0 Å². The van der Waals surface area contributed by atoms with E-state index in [-0.39, 0.29) is 22.7 Å². The summed E-state index contributed by atoms with van der Waals surface area (Å²) < 4.78 is 15.8. The van der Waals surface area contributed by atoms with E-state index in [9.17, 15) is 9.18 Å². The first-order chi connectivity index (χ1) is 13.9. The molecular weight excluding hydrogens is 393 g/mol. The number of pyridine rings is 1. The molecule has 1 aliphatic rings. The second-order valence-electron chi connectivity index (χ2n) is 7.71. The van der Waals surface area contributed by atoms with Crippen molar-refractivity contribution >= 4 is 40.3 Å². The average Bonchev–Trinajstić information content (AvgIpc) is 3.01. The zero-order valence-corrected chi connectivity index (χ0v) is 17.1. The van der Waals surface area contributed by atoms with Crippen LogP contribution >= 0.6 is 11.6 Å². The number of amides is 1. The van der Waals surface area contributed by atoms with Crippen LogP contribution < -0.4 is 10.6 Å². The highest BCUT2D eigenvalue weighted by atomic mass is 35.5. The lowest BCUT2D eigenvalue weighted by Gasteiger charge is -2.26. The fourth-order valence-corrected chi connectivity index (χ4v) is 3.92. The van der Waals surface area contributed by atoms with Crippen LogP contribution in [-0.2, 0) is 7.05 Å². The summed E-state index contributed by atoms with van der Waals surface area (Å²) in [6.07, 6.45) is 5.82. The van der Waals surface area contributed by atoms with Gasteiger partial charge < -0.3 is 10.6 Å². The predicted octanol–water partition coefficient (Wildman–Crippen LogP) is 4.81. The Kier molecular flexibility index (Phi) is 5.41. The standard InChI is InChI=1S/C21H23ClFN5O/c1-12-6-8-14(9-7-12)25-20(29)13-10-17-19(24-11-13)28(2)21(26-17)27-18-15(22)4-3-5-16(18)23/h3-5,10-12,14H,6-9H2,1-2H3,(H,25,29)(H,26,27)/t12-,14-. The molecule has 0 radical (unpaired) electrons. The number of para-hydroxylation sites is 1. The summed E-state index contributed by atoms with van der Waals surface area (Å²) in [6, 6.07) is 6.37. The highest BCUT2D eigenvalue weighted by Gasteiger charge is 2.21. The van der Waals surface area contributed by atoms with Crippen molar-refractivity contribution in [3.8, 4) is 0 Å². The summed E-state index contributed by atoms with van der Waals surface area (Å²) in [5, 5.41) is 6.28. The van der Waals surface area contributed by atoms with E-state index in [4.69, 9.17) is 11.6 Å². The van der Waals surface area contributed by atoms with Crippen LogP contribution in [0.2, 0.25) is 5.02 Å². The van der Waals surface area contributed by atoms with E-state index < -0.39 is 5.82 Å². The van der Waals surface area contributed by atoms with Gasteiger partial charge in [-0.05, 0) is 49.8 Å². The molecule has 152 valence electrons. The Bertz CT molecular complexity index is 1040. The minimum atomic E-state index is -0.473. The molecule has 0 unspecified atom stereocenters. The Morgan fingerprint density at radius 1 is 1.28 bits per heavy atom. The van der Waals surface area contributed by atoms with E-state index in [1.165, 1.54) is 12.1 Å². The maximum Gasteiger partial charge on any atom is 0.253 e. The van der Waals surface area contributed by atoms with Crippen molar-refractivity contribution in [1.82, 2.24) is 19.9 Å². The average molecular weight is 416 g/mol. The van der Waals surface area contributed by atoms with Crippen LogP contribution in [0.15, 0.2) is 30.5 Å². The molecule has 0 saturated heterocycles. The molecule has 0 bridgehead atoms. The lowest BCUT2D eigenvalue weighted by molar-refractivity contribution is 0.0923. The first kappa shape index (κ1) is 19.6. The first-order valence-corrected chi connectivity index (χ1v) is 10.1. The third-order valence-corrected chi connectivity index (χ3v) is 5.84. The Balaban J connectivity index is 1.56. The Morgan fingerprint density at radius 3 is 2.76 bits per heavy atom. The third-order valence-electron chi connectivity index (χ3n) is 5.52. The number of aromatic nitrogens is 3. The van der Waals surface area contributed by atoms with E-state index in [2.05, 4.69) is 27.5 Å². The topological polar surface area (TPSA) is 71.8 Å². The number of benzene rings is 1. The van der Waals surface area contributed by atoms with E-state index in [1.54, 1.807) is 29.9 Å². The zero-order valence-electron chi connectivity index (χ0n) is 16.4. The van der Waals surface area contributed by atoms with Gasteiger partial charge in [0.25, 0.3) is 5.91 Å². The van der Waals surface area contributed by atoms with Crippen LogP contribution in [-0.4, -0.2) is 26.5 Å². The maximum atomic E-state index is 14.1. The van der Waals surface area contributed by atoms with Crippen LogP contribution in [0.25, 0.3) is 11.2 Å². The van der Waals surface area contributed by atoms with Crippen molar-refractivity contribution in [2.24, 2.45) is 13.0 Å². The molecule has 3 aromatic rings. The van der Waals surface area contributed by atoms with Crippen molar-refractivity contribution in [2.75, 3.05) is 5.32 Å². The predicted molar refractivity (Wildman–Crippen MR) is 112 cm³/mol. The van der Waals surface area contributed by atoms with E-state index >= 15 is 0 Å². The lowest BCUT2D eigenvalue weighted by Crippen LogP contribution is -2.37. The fraction of sp³-hybridized carbons (Fsp3) is 0.381. The van der Waals surface area contributed by atoms with E-state index in [0.717, 1.165) is 31.6 Å². The first-order valence-electron chi connectivity index (χ1n) is 9.76. The van der Waals surface area contributed by atoms with Gasteiger partial charge in [0, 0.05) is 19.3 Å². The summed E-state index contributed by atoms with van der Waals surface area (Å²) in [5.41, 5.74) is 1.75. The number of carbonyl (C=O) groups is 1. The number of halogens is 2. The molecule has 4 rings (SSSR count). The highest BCUT2D eigenvalue weighted by Crippen LogP contribution is 2.29. The molecule has 0 aliphatic heterocycles. The summed E-state index contributed by atoms with van der Waals surface area (Å²) in [7, 11) is 1.77. The monoisotopic (exact) mass is 415 g/mol. The number of anilines is 2. The third kappa shape index (κ3) is 4.05. The minimum absolute atomic E-state index is 0.142. The van der Waals surface area contributed by atoms with Crippen molar-refractivity contribution in [3.63, 3.8) is 0 Å². The molecule has 1 fully saturated rings. The molecular formula is C21H23ClFN5O.